The molecular formula is C24H25N5O3. The van der Waals surface area contributed by atoms with Crippen molar-refractivity contribution < 1.29 is 14.1 Å². The first-order valence-electron chi connectivity index (χ1n) is 10.9. The number of aromatic nitrogens is 4. The van der Waals surface area contributed by atoms with Crippen molar-refractivity contribution in [2.75, 3.05) is 0 Å². The van der Waals surface area contributed by atoms with Gasteiger partial charge in [0.15, 0.2) is 5.82 Å². The molecule has 1 N–H and O–H groups in total. The maximum absolute atomic E-state index is 13.2. The molecule has 1 amide bonds. The van der Waals surface area contributed by atoms with Crippen molar-refractivity contribution in [1.82, 2.24) is 25.0 Å². The fourth-order valence-corrected chi connectivity index (χ4v) is 4.40. The molecule has 1 aliphatic rings. The topological polar surface area (TPSA) is 95.1 Å². The quantitative estimate of drug-likeness (QED) is 0.477. The van der Waals surface area contributed by atoms with Crippen LogP contribution in [0.2, 0.25) is 0 Å². The Labute approximate surface area is 185 Å². The number of hydrogen-bond donors (Lipinski definition) is 1. The van der Waals surface area contributed by atoms with Crippen molar-refractivity contribution in [3.8, 4) is 5.75 Å². The summed E-state index contributed by atoms with van der Waals surface area (Å²) < 4.78 is 13.0. The Hall–Kier alpha value is -3.68. The molecule has 164 valence electrons. The van der Waals surface area contributed by atoms with E-state index < -0.39 is 5.54 Å². The van der Waals surface area contributed by atoms with Gasteiger partial charge in [-0.2, -0.15) is 4.98 Å². The maximum atomic E-state index is 13.2. The minimum absolute atomic E-state index is 0.113. The van der Waals surface area contributed by atoms with Gasteiger partial charge in [0.1, 0.15) is 30.3 Å². The van der Waals surface area contributed by atoms with Crippen molar-refractivity contribution in [2.24, 2.45) is 0 Å². The predicted octanol–water partition coefficient (Wildman–Crippen LogP) is 3.89. The average molecular weight is 431 g/mol. The van der Waals surface area contributed by atoms with E-state index in [9.17, 15) is 4.79 Å². The van der Waals surface area contributed by atoms with Crippen molar-refractivity contribution in [1.29, 1.82) is 0 Å². The largest absolute Gasteiger partial charge is 0.486 e. The van der Waals surface area contributed by atoms with Gasteiger partial charge in [-0.05, 0) is 37.1 Å². The third-order valence-electron chi connectivity index (χ3n) is 5.94. The van der Waals surface area contributed by atoms with Crippen LogP contribution in [0.4, 0.5) is 0 Å². The monoisotopic (exact) mass is 431 g/mol. The first-order chi connectivity index (χ1) is 15.6. The average Bonchev–Trinajstić information content (AvgIpc) is 3.53. The van der Waals surface area contributed by atoms with Crippen LogP contribution in [0.5, 0.6) is 5.75 Å². The molecule has 32 heavy (non-hydrogen) atoms. The Morgan fingerprint density at radius 3 is 2.59 bits per heavy atom. The molecule has 1 fully saturated rings. The maximum Gasteiger partial charge on any atom is 0.240 e. The van der Waals surface area contributed by atoms with E-state index in [0.717, 1.165) is 42.5 Å². The van der Waals surface area contributed by atoms with Gasteiger partial charge in [-0.1, -0.05) is 48.3 Å². The van der Waals surface area contributed by atoms with Crippen LogP contribution in [0.15, 0.2) is 59.1 Å². The van der Waals surface area contributed by atoms with Crippen LogP contribution < -0.4 is 10.1 Å². The van der Waals surface area contributed by atoms with Gasteiger partial charge in [0.25, 0.3) is 0 Å². The zero-order valence-corrected chi connectivity index (χ0v) is 18.0. The molecule has 0 bridgehead atoms. The molecular weight excluding hydrogens is 406 g/mol. The first-order valence-corrected chi connectivity index (χ1v) is 10.9. The number of fused-ring (bicyclic) bond motifs is 1. The number of nitrogens with zero attached hydrogens (tertiary/aromatic N) is 4. The number of nitrogens with one attached hydrogen (secondary N) is 1. The molecule has 0 unspecified atom stereocenters. The Balaban J connectivity index is 1.39. The highest BCUT2D eigenvalue weighted by molar-refractivity contribution is 5.81. The summed E-state index contributed by atoms with van der Waals surface area (Å²) in [6, 6.07) is 17.4. The Bertz CT molecular complexity index is 1220. The van der Waals surface area contributed by atoms with E-state index in [4.69, 9.17) is 14.2 Å². The second-order valence-electron chi connectivity index (χ2n) is 8.18. The number of aryl methyl sites for hydroxylation is 1. The summed E-state index contributed by atoms with van der Waals surface area (Å²) in [5.74, 6) is 2.40. The third kappa shape index (κ3) is 3.95. The SMILES string of the molecule is Cc1nc(C2(NC(=O)Cn3c(COc4ccccc4)nc4ccccc43)CCCC2)no1. The van der Waals surface area contributed by atoms with Crippen molar-refractivity contribution in [3.05, 3.63) is 72.1 Å². The van der Waals surface area contributed by atoms with E-state index in [1.54, 1.807) is 6.92 Å². The molecule has 0 spiro atoms. The molecule has 8 heteroatoms. The number of amides is 1. The summed E-state index contributed by atoms with van der Waals surface area (Å²) in [5, 5.41) is 7.32. The Morgan fingerprint density at radius 2 is 1.84 bits per heavy atom. The molecule has 8 nitrogen and oxygen atoms in total. The van der Waals surface area contributed by atoms with E-state index in [-0.39, 0.29) is 19.1 Å². The molecule has 4 aromatic rings. The van der Waals surface area contributed by atoms with E-state index in [1.807, 2.05) is 59.2 Å². The second-order valence-corrected chi connectivity index (χ2v) is 8.18. The lowest BCUT2D eigenvalue weighted by Crippen LogP contribution is -2.46. The lowest BCUT2D eigenvalue weighted by atomic mass is 9.96. The van der Waals surface area contributed by atoms with Gasteiger partial charge in [-0.3, -0.25) is 4.79 Å². The number of ether oxygens (including phenoxy) is 1. The zero-order chi connectivity index (χ0) is 22.0. The fraction of sp³-hybridized carbons (Fsp3) is 0.333. The summed E-state index contributed by atoms with van der Waals surface area (Å²) in [5.41, 5.74) is 1.15. The Kier molecular flexibility index (Phi) is 5.34. The van der Waals surface area contributed by atoms with Crippen LogP contribution in [0.25, 0.3) is 11.0 Å². The number of carbonyl (C=O) groups excluding carboxylic acids is 1. The molecule has 0 aliphatic heterocycles. The summed E-state index contributed by atoms with van der Waals surface area (Å²) in [4.78, 5) is 22.4. The molecule has 0 saturated heterocycles. The van der Waals surface area contributed by atoms with Gasteiger partial charge < -0.3 is 19.1 Å². The van der Waals surface area contributed by atoms with Crippen LogP contribution in [0, 0.1) is 6.92 Å². The van der Waals surface area contributed by atoms with Crippen LogP contribution in [-0.4, -0.2) is 25.6 Å². The van der Waals surface area contributed by atoms with Gasteiger partial charge in [-0.25, -0.2) is 4.98 Å². The highest BCUT2D eigenvalue weighted by Gasteiger charge is 2.41. The molecule has 2 aromatic heterocycles. The van der Waals surface area contributed by atoms with Gasteiger partial charge in [-0.15, -0.1) is 0 Å². The van der Waals surface area contributed by atoms with Crippen molar-refractivity contribution in [2.45, 2.75) is 51.3 Å². The van der Waals surface area contributed by atoms with Crippen molar-refractivity contribution in [3.63, 3.8) is 0 Å². The standard InChI is InChI=1S/C24H25N5O3/c1-17-25-23(28-32-17)24(13-7-8-14-24)27-22(30)15-29-20-12-6-5-11-19(20)26-21(29)16-31-18-9-3-2-4-10-18/h2-6,9-12H,7-8,13-16H2,1H3,(H,27,30). The smallest absolute Gasteiger partial charge is 0.240 e. The molecule has 2 heterocycles. The van der Waals surface area contributed by atoms with Crippen LogP contribution in [0.3, 0.4) is 0 Å². The predicted molar refractivity (Wildman–Crippen MR) is 118 cm³/mol. The molecule has 1 saturated carbocycles. The molecule has 5 rings (SSSR count). The minimum atomic E-state index is -0.577. The third-order valence-corrected chi connectivity index (χ3v) is 5.94. The number of benzene rings is 2. The first kappa shape index (κ1) is 20.2. The number of hydrogen-bond acceptors (Lipinski definition) is 6. The van der Waals surface area contributed by atoms with Gasteiger partial charge in [0.05, 0.1) is 11.0 Å². The molecule has 1 aliphatic carbocycles. The van der Waals surface area contributed by atoms with Gasteiger partial charge in [0, 0.05) is 6.92 Å². The summed E-state index contributed by atoms with van der Waals surface area (Å²) in [6.07, 6.45) is 3.62. The van der Waals surface area contributed by atoms with Crippen LogP contribution >= 0.6 is 0 Å². The van der Waals surface area contributed by atoms with Crippen LogP contribution in [-0.2, 0) is 23.5 Å². The van der Waals surface area contributed by atoms with Gasteiger partial charge in [0.2, 0.25) is 11.8 Å². The second kappa shape index (κ2) is 8.45. The summed E-state index contributed by atoms with van der Waals surface area (Å²) >= 11 is 0. The summed E-state index contributed by atoms with van der Waals surface area (Å²) in [6.45, 7) is 2.16. The van der Waals surface area contributed by atoms with E-state index in [1.165, 1.54) is 0 Å². The lowest BCUT2D eigenvalue weighted by molar-refractivity contribution is -0.123. The van der Waals surface area contributed by atoms with E-state index in [2.05, 4.69) is 15.5 Å². The van der Waals surface area contributed by atoms with Gasteiger partial charge >= 0.3 is 0 Å². The highest BCUT2D eigenvalue weighted by Crippen LogP contribution is 2.37. The fourth-order valence-electron chi connectivity index (χ4n) is 4.40. The number of rotatable bonds is 7. The van der Waals surface area contributed by atoms with Crippen LogP contribution in [0.1, 0.15) is 43.2 Å². The summed E-state index contributed by atoms with van der Waals surface area (Å²) in [7, 11) is 0. The normalized spacial score (nSPS) is 15.2. The minimum Gasteiger partial charge on any atom is -0.486 e. The number of para-hydroxylation sites is 3. The molecule has 0 radical (unpaired) electrons. The molecule has 2 aromatic carbocycles. The number of carbonyl (C=O) groups is 1. The lowest BCUT2D eigenvalue weighted by Gasteiger charge is -2.27. The molecule has 0 atom stereocenters. The van der Waals surface area contributed by atoms with E-state index >= 15 is 0 Å². The van der Waals surface area contributed by atoms with E-state index in [0.29, 0.717) is 17.5 Å². The Morgan fingerprint density at radius 1 is 1.09 bits per heavy atom. The zero-order valence-electron chi connectivity index (χ0n) is 18.0. The highest BCUT2D eigenvalue weighted by atomic mass is 16.5. The van der Waals surface area contributed by atoms with Crippen molar-refractivity contribution >= 4 is 16.9 Å². The number of imidazole rings is 1.